The largest absolute Gasteiger partial charge is 0.465 e. The summed E-state index contributed by atoms with van der Waals surface area (Å²) < 4.78 is 31.8. The Kier molecular flexibility index (Phi) is 4.11. The lowest BCUT2D eigenvalue weighted by atomic mass is 10.2. The molecule has 2 rings (SSSR count). The molecule has 1 heterocycles. The third kappa shape index (κ3) is 2.90. The zero-order valence-corrected chi connectivity index (χ0v) is 10.9. The second kappa shape index (κ2) is 5.79. The summed E-state index contributed by atoms with van der Waals surface area (Å²) in [5.74, 6) is -3.19. The lowest BCUT2D eigenvalue weighted by Gasteiger charge is -2.09. The maximum absolute atomic E-state index is 13.7. The van der Waals surface area contributed by atoms with Crippen LogP contribution in [0.4, 0.5) is 14.5 Å². The van der Waals surface area contributed by atoms with E-state index in [1.54, 1.807) is 0 Å². The molecule has 19 heavy (non-hydrogen) atoms. The second-order valence-corrected chi connectivity index (χ2v) is 4.75. The summed E-state index contributed by atoms with van der Waals surface area (Å²) in [6.07, 6.45) is 0. The number of thiophene rings is 1. The van der Waals surface area contributed by atoms with E-state index in [0.717, 1.165) is 12.0 Å². The molecule has 0 aliphatic heterocycles. The highest BCUT2D eigenvalue weighted by Gasteiger charge is 2.18. The maximum Gasteiger partial charge on any atom is 0.340 e. The molecule has 0 radical (unpaired) electrons. The van der Waals surface area contributed by atoms with Gasteiger partial charge in [-0.1, -0.05) is 6.07 Å². The number of ether oxygens (including phenoxy) is 1. The van der Waals surface area contributed by atoms with Gasteiger partial charge in [0.2, 0.25) is 0 Å². The van der Waals surface area contributed by atoms with E-state index in [1.807, 2.05) is 17.5 Å². The minimum atomic E-state index is -1.21. The van der Waals surface area contributed by atoms with E-state index in [4.69, 9.17) is 0 Å². The molecule has 0 fully saturated rings. The molecule has 6 heteroatoms. The van der Waals surface area contributed by atoms with Crippen LogP contribution in [0.2, 0.25) is 0 Å². The van der Waals surface area contributed by atoms with Gasteiger partial charge >= 0.3 is 5.97 Å². The maximum atomic E-state index is 13.7. The molecule has 0 aliphatic carbocycles. The summed E-state index contributed by atoms with van der Waals surface area (Å²) in [6.45, 7) is 0.394. The Bertz CT molecular complexity index is 585. The first-order valence-corrected chi connectivity index (χ1v) is 6.34. The number of hydrogen-bond donors (Lipinski definition) is 1. The smallest absolute Gasteiger partial charge is 0.340 e. The molecule has 100 valence electrons. The van der Waals surface area contributed by atoms with Crippen LogP contribution < -0.4 is 5.32 Å². The van der Waals surface area contributed by atoms with Gasteiger partial charge in [-0.25, -0.2) is 13.6 Å². The fourth-order valence-corrected chi connectivity index (χ4v) is 2.19. The van der Waals surface area contributed by atoms with Gasteiger partial charge in [-0.15, -0.1) is 11.3 Å². The highest BCUT2D eigenvalue weighted by Crippen LogP contribution is 2.22. The van der Waals surface area contributed by atoms with Crippen molar-refractivity contribution in [2.75, 3.05) is 12.4 Å². The van der Waals surface area contributed by atoms with Gasteiger partial charge in [0.05, 0.1) is 18.4 Å². The zero-order valence-electron chi connectivity index (χ0n) is 10.1. The minimum Gasteiger partial charge on any atom is -0.465 e. The summed E-state index contributed by atoms with van der Waals surface area (Å²) in [4.78, 5) is 12.2. The number of carbonyl (C=O) groups excluding carboxylic acids is 1. The molecule has 0 atom stereocenters. The zero-order chi connectivity index (χ0) is 13.8. The van der Waals surface area contributed by atoms with Crippen molar-refractivity contribution in [3.8, 4) is 0 Å². The Morgan fingerprint density at radius 3 is 2.74 bits per heavy atom. The van der Waals surface area contributed by atoms with Crippen molar-refractivity contribution in [3.63, 3.8) is 0 Å². The average Bonchev–Trinajstić information content (AvgIpc) is 2.93. The van der Waals surface area contributed by atoms with E-state index in [2.05, 4.69) is 10.1 Å². The van der Waals surface area contributed by atoms with Gasteiger partial charge in [-0.05, 0) is 23.6 Å². The lowest BCUT2D eigenvalue weighted by molar-refractivity contribution is 0.0594. The van der Waals surface area contributed by atoms with Crippen molar-refractivity contribution in [3.05, 3.63) is 51.7 Å². The SMILES string of the molecule is COC(=O)c1ccc(NCc2cccs2)c(F)c1F. The summed E-state index contributed by atoms with van der Waals surface area (Å²) in [7, 11) is 1.11. The van der Waals surface area contributed by atoms with E-state index in [1.165, 1.54) is 23.5 Å². The Balaban J connectivity index is 2.19. The van der Waals surface area contributed by atoms with Crippen LogP contribution in [0.15, 0.2) is 29.6 Å². The summed E-state index contributed by atoms with van der Waals surface area (Å²) >= 11 is 1.51. The molecule has 0 spiro atoms. The molecule has 2 aromatic rings. The van der Waals surface area contributed by atoms with Crippen LogP contribution >= 0.6 is 11.3 Å². The van der Waals surface area contributed by atoms with Crippen LogP contribution in [-0.2, 0) is 11.3 Å². The van der Waals surface area contributed by atoms with Crippen molar-refractivity contribution in [1.29, 1.82) is 0 Å². The van der Waals surface area contributed by atoms with Crippen LogP contribution in [0.25, 0.3) is 0 Å². The number of methoxy groups -OCH3 is 1. The lowest BCUT2D eigenvalue weighted by Crippen LogP contribution is -2.09. The molecule has 0 unspecified atom stereocenters. The van der Waals surface area contributed by atoms with Gasteiger partial charge in [-0.2, -0.15) is 0 Å². The van der Waals surface area contributed by atoms with Crippen molar-refractivity contribution in [2.45, 2.75) is 6.54 Å². The van der Waals surface area contributed by atoms with Crippen LogP contribution in [0.1, 0.15) is 15.2 Å². The monoisotopic (exact) mass is 283 g/mol. The van der Waals surface area contributed by atoms with E-state index >= 15 is 0 Å². The van der Waals surface area contributed by atoms with E-state index in [0.29, 0.717) is 6.54 Å². The number of hydrogen-bond acceptors (Lipinski definition) is 4. The normalized spacial score (nSPS) is 10.3. The molecule has 0 aliphatic rings. The van der Waals surface area contributed by atoms with Crippen molar-refractivity contribution in [1.82, 2.24) is 0 Å². The van der Waals surface area contributed by atoms with Gasteiger partial charge in [0.1, 0.15) is 0 Å². The van der Waals surface area contributed by atoms with E-state index in [9.17, 15) is 13.6 Å². The average molecular weight is 283 g/mol. The Hall–Kier alpha value is -1.95. The molecule has 0 bridgehead atoms. The highest BCUT2D eigenvalue weighted by atomic mass is 32.1. The van der Waals surface area contributed by atoms with Gasteiger partial charge in [0.15, 0.2) is 11.6 Å². The summed E-state index contributed by atoms with van der Waals surface area (Å²) in [6, 6.07) is 6.27. The molecule has 0 amide bonds. The molecule has 0 saturated carbocycles. The number of nitrogens with one attached hydrogen (secondary N) is 1. The van der Waals surface area contributed by atoms with Gasteiger partial charge in [0, 0.05) is 11.4 Å². The molecule has 1 N–H and O–H groups in total. The van der Waals surface area contributed by atoms with E-state index in [-0.39, 0.29) is 5.69 Å². The van der Waals surface area contributed by atoms with Crippen LogP contribution in [0.5, 0.6) is 0 Å². The first-order chi connectivity index (χ1) is 9.13. The Morgan fingerprint density at radius 2 is 2.11 bits per heavy atom. The Morgan fingerprint density at radius 1 is 1.32 bits per heavy atom. The standard InChI is InChI=1S/C13H11F2NO2S/c1-18-13(17)9-4-5-10(12(15)11(9)14)16-7-8-3-2-6-19-8/h2-6,16H,7H2,1H3. The highest BCUT2D eigenvalue weighted by molar-refractivity contribution is 7.09. The van der Waals surface area contributed by atoms with Crippen molar-refractivity contribution in [2.24, 2.45) is 0 Å². The van der Waals surface area contributed by atoms with Crippen LogP contribution in [0.3, 0.4) is 0 Å². The second-order valence-electron chi connectivity index (χ2n) is 3.71. The molecular formula is C13H11F2NO2S. The fourth-order valence-electron chi connectivity index (χ4n) is 1.55. The van der Waals surface area contributed by atoms with Crippen molar-refractivity contribution >= 4 is 23.0 Å². The number of esters is 1. The van der Waals surface area contributed by atoms with Crippen LogP contribution in [-0.4, -0.2) is 13.1 Å². The summed E-state index contributed by atoms with van der Waals surface area (Å²) in [5, 5.41) is 4.68. The first kappa shape index (κ1) is 13.5. The van der Waals surface area contributed by atoms with Gasteiger partial charge < -0.3 is 10.1 Å². The molecule has 1 aromatic carbocycles. The number of halogens is 2. The third-order valence-electron chi connectivity index (χ3n) is 2.52. The Labute approximate surface area is 112 Å². The van der Waals surface area contributed by atoms with Gasteiger partial charge in [0.25, 0.3) is 0 Å². The molecule has 0 saturated heterocycles. The molecule has 1 aromatic heterocycles. The fraction of sp³-hybridized carbons (Fsp3) is 0.154. The number of anilines is 1. The molecular weight excluding hydrogens is 272 g/mol. The van der Waals surface area contributed by atoms with E-state index < -0.39 is 23.2 Å². The summed E-state index contributed by atoms with van der Waals surface area (Å²) in [5.41, 5.74) is -0.403. The molecule has 3 nitrogen and oxygen atoms in total. The quantitative estimate of drug-likeness (QED) is 0.874. The minimum absolute atomic E-state index is 0.0125. The number of carbonyl (C=O) groups is 1. The first-order valence-electron chi connectivity index (χ1n) is 5.46. The predicted molar refractivity (Wildman–Crippen MR) is 69.3 cm³/mol. The van der Waals surface area contributed by atoms with Crippen LogP contribution in [0, 0.1) is 11.6 Å². The van der Waals surface area contributed by atoms with Gasteiger partial charge in [-0.3, -0.25) is 0 Å². The third-order valence-corrected chi connectivity index (χ3v) is 3.40. The topological polar surface area (TPSA) is 38.3 Å². The number of benzene rings is 1. The predicted octanol–water partition coefficient (Wildman–Crippen LogP) is 3.43. The number of rotatable bonds is 4. The van der Waals surface area contributed by atoms with Crippen molar-refractivity contribution < 1.29 is 18.3 Å².